The molecule has 2 heterocycles. The Morgan fingerprint density at radius 1 is 1.75 bits per heavy atom. The van der Waals surface area contributed by atoms with Crippen molar-refractivity contribution in [1.82, 2.24) is 4.90 Å². The van der Waals surface area contributed by atoms with Crippen LogP contribution in [0.2, 0.25) is 0 Å². The van der Waals surface area contributed by atoms with Crippen LogP contribution in [0.5, 0.6) is 0 Å². The van der Waals surface area contributed by atoms with Crippen LogP contribution in [0.3, 0.4) is 0 Å². The highest BCUT2D eigenvalue weighted by molar-refractivity contribution is 7.12. The number of azide groups is 1. The zero-order valence-electron chi connectivity index (χ0n) is 8.46. The molecule has 0 radical (unpaired) electrons. The van der Waals surface area contributed by atoms with Crippen molar-refractivity contribution in [2.24, 2.45) is 5.11 Å². The zero-order chi connectivity index (χ0) is 11.5. The van der Waals surface area contributed by atoms with Gasteiger partial charge in [0.2, 0.25) is 0 Å². The number of rotatable bonds is 2. The molecule has 1 N–H and O–H groups in total. The number of thiophene rings is 1. The van der Waals surface area contributed by atoms with E-state index in [1.807, 2.05) is 6.07 Å². The van der Waals surface area contributed by atoms with Gasteiger partial charge in [0.25, 0.3) is 0 Å². The van der Waals surface area contributed by atoms with Crippen LogP contribution in [0, 0.1) is 0 Å². The van der Waals surface area contributed by atoms with Gasteiger partial charge in [0, 0.05) is 21.2 Å². The second kappa shape index (κ2) is 4.42. The van der Waals surface area contributed by atoms with Gasteiger partial charge in [-0.2, -0.15) is 0 Å². The minimum absolute atomic E-state index is 0.348. The molecule has 0 aromatic carbocycles. The minimum Gasteiger partial charge on any atom is -0.465 e. The van der Waals surface area contributed by atoms with Gasteiger partial charge in [-0.3, -0.25) is 0 Å². The second-order valence-electron chi connectivity index (χ2n) is 3.50. The monoisotopic (exact) mass is 238 g/mol. The van der Waals surface area contributed by atoms with Gasteiger partial charge in [-0.05, 0) is 23.6 Å². The average molecular weight is 238 g/mol. The third-order valence-corrected chi connectivity index (χ3v) is 3.70. The predicted octanol–water partition coefficient (Wildman–Crippen LogP) is 2.59. The molecule has 0 aliphatic carbocycles. The van der Waals surface area contributed by atoms with E-state index in [9.17, 15) is 4.79 Å². The lowest BCUT2D eigenvalue weighted by Gasteiger charge is -2.23. The maximum absolute atomic E-state index is 10.8. The van der Waals surface area contributed by atoms with E-state index in [2.05, 4.69) is 10.0 Å². The Morgan fingerprint density at radius 3 is 3.25 bits per heavy atom. The van der Waals surface area contributed by atoms with Gasteiger partial charge in [-0.15, -0.1) is 11.3 Å². The van der Waals surface area contributed by atoms with Crippen molar-refractivity contribution in [3.63, 3.8) is 0 Å². The summed E-state index contributed by atoms with van der Waals surface area (Å²) in [5.41, 5.74) is 9.27. The van der Waals surface area contributed by atoms with Crippen molar-refractivity contribution in [3.05, 3.63) is 31.8 Å². The lowest BCUT2D eigenvalue weighted by molar-refractivity contribution is 0.140. The predicted molar refractivity (Wildman–Crippen MR) is 59.3 cm³/mol. The molecular formula is C9H10N4O2S. The van der Waals surface area contributed by atoms with Gasteiger partial charge in [-0.1, -0.05) is 5.11 Å². The van der Waals surface area contributed by atoms with Crippen LogP contribution in [0.25, 0.3) is 10.4 Å². The van der Waals surface area contributed by atoms with E-state index < -0.39 is 6.09 Å². The molecule has 1 aliphatic heterocycles. The molecular weight excluding hydrogens is 228 g/mol. The fourth-order valence-corrected chi connectivity index (χ4v) is 2.83. The Balaban J connectivity index is 2.16. The first-order valence-corrected chi connectivity index (χ1v) is 5.61. The van der Waals surface area contributed by atoms with Gasteiger partial charge in [0.1, 0.15) is 0 Å². The number of amides is 1. The fourth-order valence-electron chi connectivity index (χ4n) is 1.74. The second-order valence-corrected chi connectivity index (χ2v) is 4.73. The van der Waals surface area contributed by atoms with E-state index in [0.29, 0.717) is 19.6 Å². The summed E-state index contributed by atoms with van der Waals surface area (Å²) < 4.78 is 0. The maximum Gasteiger partial charge on any atom is 0.407 e. The molecule has 1 aromatic heterocycles. The lowest BCUT2D eigenvalue weighted by atomic mass is 10.1. The summed E-state index contributed by atoms with van der Waals surface area (Å²) in [6.07, 6.45) is -0.129. The van der Waals surface area contributed by atoms with Crippen LogP contribution < -0.4 is 0 Å². The third-order valence-electron chi connectivity index (χ3n) is 2.48. The van der Waals surface area contributed by atoms with Crippen molar-refractivity contribution in [1.29, 1.82) is 0 Å². The topological polar surface area (TPSA) is 89.3 Å². The molecule has 0 saturated heterocycles. The van der Waals surface area contributed by atoms with Gasteiger partial charge in [0.05, 0.1) is 13.1 Å². The summed E-state index contributed by atoms with van der Waals surface area (Å²) in [5.74, 6) is 0. The van der Waals surface area contributed by atoms with Crippen molar-refractivity contribution in [2.75, 3.05) is 6.54 Å². The van der Waals surface area contributed by atoms with Gasteiger partial charge in [-0.25, -0.2) is 4.79 Å². The number of carbonyl (C=O) groups is 1. The van der Waals surface area contributed by atoms with E-state index in [1.54, 1.807) is 11.3 Å². The van der Waals surface area contributed by atoms with E-state index >= 15 is 0 Å². The molecule has 0 unspecified atom stereocenters. The number of fused-ring (bicyclic) bond motifs is 1. The van der Waals surface area contributed by atoms with Gasteiger partial charge in [0.15, 0.2) is 0 Å². The molecule has 0 saturated carbocycles. The lowest BCUT2D eigenvalue weighted by Crippen LogP contribution is -2.33. The number of hydrogen-bond acceptors (Lipinski definition) is 3. The molecule has 7 heteroatoms. The van der Waals surface area contributed by atoms with Crippen molar-refractivity contribution in [2.45, 2.75) is 19.5 Å². The molecule has 16 heavy (non-hydrogen) atoms. The van der Waals surface area contributed by atoms with Crippen LogP contribution in [0.4, 0.5) is 4.79 Å². The van der Waals surface area contributed by atoms with Crippen LogP contribution in [0.15, 0.2) is 11.2 Å². The molecule has 84 valence electrons. The van der Waals surface area contributed by atoms with Gasteiger partial charge < -0.3 is 10.0 Å². The van der Waals surface area contributed by atoms with E-state index in [0.717, 1.165) is 16.9 Å². The van der Waals surface area contributed by atoms with Crippen LogP contribution >= 0.6 is 11.3 Å². The molecule has 1 aliphatic rings. The third kappa shape index (κ3) is 2.10. The highest BCUT2D eigenvalue weighted by Gasteiger charge is 2.21. The fraction of sp³-hybridized carbons (Fsp3) is 0.444. The smallest absolute Gasteiger partial charge is 0.407 e. The highest BCUT2D eigenvalue weighted by atomic mass is 32.1. The molecule has 0 atom stereocenters. The summed E-state index contributed by atoms with van der Waals surface area (Å²) in [6.45, 7) is 1.34. The molecule has 1 aromatic rings. The van der Waals surface area contributed by atoms with Crippen LogP contribution in [-0.2, 0) is 19.5 Å². The maximum atomic E-state index is 10.8. The summed E-state index contributed by atoms with van der Waals surface area (Å²) in [4.78, 5) is 17.1. The first-order chi connectivity index (χ1) is 7.70. The van der Waals surface area contributed by atoms with E-state index in [-0.39, 0.29) is 0 Å². The Bertz CT molecular complexity index is 464. The molecule has 6 nitrogen and oxygen atoms in total. The molecule has 2 rings (SSSR count). The Morgan fingerprint density at radius 2 is 2.56 bits per heavy atom. The standard InChI is InChI=1S/C9H10N4O2S/c10-12-11-4-7-3-6-5-13(9(14)15)2-1-8(6)16-7/h3H,1-2,4-5H2,(H,14,15). The SMILES string of the molecule is [N-]=[N+]=NCc1cc2c(s1)CCN(C(=O)O)C2. The summed E-state index contributed by atoms with van der Waals surface area (Å²) in [5, 5.41) is 12.4. The van der Waals surface area contributed by atoms with Crippen molar-refractivity contribution in [3.8, 4) is 0 Å². The first kappa shape index (κ1) is 10.8. The minimum atomic E-state index is -0.881. The Hall–Kier alpha value is -1.72. The molecule has 0 spiro atoms. The quantitative estimate of drug-likeness (QED) is 0.487. The van der Waals surface area contributed by atoms with Crippen molar-refractivity contribution < 1.29 is 9.90 Å². The normalized spacial score (nSPS) is 14.1. The first-order valence-electron chi connectivity index (χ1n) is 4.80. The summed E-state index contributed by atoms with van der Waals surface area (Å²) in [7, 11) is 0. The average Bonchev–Trinajstić information content (AvgIpc) is 2.67. The zero-order valence-corrected chi connectivity index (χ0v) is 9.27. The summed E-state index contributed by atoms with van der Waals surface area (Å²) >= 11 is 1.60. The molecule has 0 fully saturated rings. The van der Waals surface area contributed by atoms with Gasteiger partial charge >= 0.3 is 6.09 Å². The Labute approximate surface area is 95.7 Å². The molecule has 0 bridgehead atoms. The van der Waals surface area contributed by atoms with E-state index in [4.69, 9.17) is 10.6 Å². The van der Waals surface area contributed by atoms with Crippen molar-refractivity contribution >= 4 is 17.4 Å². The van der Waals surface area contributed by atoms with E-state index in [1.165, 1.54) is 9.78 Å². The highest BCUT2D eigenvalue weighted by Crippen LogP contribution is 2.28. The number of nitrogens with zero attached hydrogens (tertiary/aromatic N) is 4. The summed E-state index contributed by atoms with van der Waals surface area (Å²) in [6, 6.07) is 1.93. The van der Waals surface area contributed by atoms with Crippen LogP contribution in [-0.4, -0.2) is 22.6 Å². The van der Waals surface area contributed by atoms with Crippen LogP contribution in [0.1, 0.15) is 15.3 Å². The largest absolute Gasteiger partial charge is 0.465 e. The molecule has 1 amide bonds. The number of hydrogen-bond donors (Lipinski definition) is 1. The Kier molecular flexibility index (Phi) is 2.98. The number of carboxylic acid groups (broad SMARTS) is 1.